The third-order valence-electron chi connectivity index (χ3n) is 4.13. The average Bonchev–Trinajstić information content (AvgIpc) is 3.30. The minimum absolute atomic E-state index is 0.243. The number of nitrogens with one attached hydrogen (secondary N) is 1. The van der Waals surface area contributed by atoms with Crippen LogP contribution in [0.15, 0.2) is 48.0 Å². The van der Waals surface area contributed by atoms with Crippen molar-refractivity contribution in [1.29, 1.82) is 5.26 Å². The molecule has 6 heteroatoms. The van der Waals surface area contributed by atoms with Crippen molar-refractivity contribution in [2.45, 2.75) is 13.8 Å². The first-order chi connectivity index (χ1) is 13.1. The van der Waals surface area contributed by atoms with Gasteiger partial charge in [0.2, 0.25) is 6.79 Å². The standard InChI is InChI=1S/C21H17N3O2S/c1-13-5-14(2)7-17(6-13)23-10-16(9-22)21-24-18(11-27-21)15-3-4-19-20(8-15)26-12-25-19/h3-8,10-11,23H,12H2,1-2H3/b16-10+. The van der Waals surface area contributed by atoms with Gasteiger partial charge in [-0.2, -0.15) is 5.26 Å². The lowest BCUT2D eigenvalue weighted by Gasteiger charge is -2.05. The molecule has 0 spiro atoms. The van der Waals surface area contributed by atoms with Crippen molar-refractivity contribution in [3.63, 3.8) is 0 Å². The number of aromatic nitrogens is 1. The summed E-state index contributed by atoms with van der Waals surface area (Å²) in [5.74, 6) is 1.46. The molecule has 0 fully saturated rings. The van der Waals surface area contributed by atoms with Gasteiger partial charge in [0, 0.05) is 22.8 Å². The third-order valence-corrected chi connectivity index (χ3v) is 5.00. The minimum Gasteiger partial charge on any atom is -0.454 e. The predicted molar refractivity (Wildman–Crippen MR) is 107 cm³/mol. The van der Waals surface area contributed by atoms with Gasteiger partial charge in [-0.15, -0.1) is 11.3 Å². The molecule has 0 unspecified atom stereocenters. The summed E-state index contributed by atoms with van der Waals surface area (Å²) in [6.07, 6.45) is 1.70. The molecule has 134 valence electrons. The van der Waals surface area contributed by atoms with Gasteiger partial charge in [-0.25, -0.2) is 4.98 Å². The number of anilines is 1. The van der Waals surface area contributed by atoms with Gasteiger partial charge in [-0.05, 0) is 55.3 Å². The van der Waals surface area contributed by atoms with Gasteiger partial charge in [0.1, 0.15) is 16.6 Å². The van der Waals surface area contributed by atoms with Crippen LogP contribution >= 0.6 is 11.3 Å². The summed E-state index contributed by atoms with van der Waals surface area (Å²) >= 11 is 1.44. The van der Waals surface area contributed by atoms with Gasteiger partial charge in [-0.1, -0.05) is 6.07 Å². The van der Waals surface area contributed by atoms with Crippen molar-refractivity contribution in [1.82, 2.24) is 4.98 Å². The van der Waals surface area contributed by atoms with E-state index >= 15 is 0 Å². The zero-order valence-corrected chi connectivity index (χ0v) is 15.8. The highest BCUT2D eigenvalue weighted by Gasteiger charge is 2.15. The molecule has 3 aromatic rings. The highest BCUT2D eigenvalue weighted by atomic mass is 32.1. The number of aryl methyl sites for hydroxylation is 2. The van der Waals surface area contributed by atoms with Crippen LogP contribution in [0.25, 0.3) is 16.8 Å². The molecule has 2 aromatic carbocycles. The monoisotopic (exact) mass is 375 g/mol. The van der Waals surface area contributed by atoms with Crippen molar-refractivity contribution in [2.75, 3.05) is 12.1 Å². The van der Waals surface area contributed by atoms with Crippen molar-refractivity contribution in [3.05, 3.63) is 64.1 Å². The maximum absolute atomic E-state index is 9.55. The lowest BCUT2D eigenvalue weighted by atomic mass is 10.1. The van der Waals surface area contributed by atoms with E-state index in [0.29, 0.717) is 10.6 Å². The van der Waals surface area contributed by atoms with E-state index in [1.807, 2.05) is 49.6 Å². The number of hydrogen-bond donors (Lipinski definition) is 1. The van der Waals surface area contributed by atoms with Crippen LogP contribution in [0.3, 0.4) is 0 Å². The van der Waals surface area contributed by atoms with E-state index < -0.39 is 0 Å². The lowest BCUT2D eigenvalue weighted by Crippen LogP contribution is -1.93. The number of rotatable bonds is 4. The molecular formula is C21H17N3O2S. The summed E-state index contributed by atoms with van der Waals surface area (Å²) in [6.45, 7) is 4.34. The summed E-state index contributed by atoms with van der Waals surface area (Å²) in [5, 5.41) is 15.4. The maximum atomic E-state index is 9.55. The number of nitriles is 1. The zero-order chi connectivity index (χ0) is 18.8. The van der Waals surface area contributed by atoms with Gasteiger partial charge in [-0.3, -0.25) is 0 Å². The number of allylic oxidation sites excluding steroid dienone is 1. The lowest BCUT2D eigenvalue weighted by molar-refractivity contribution is 0.174. The van der Waals surface area contributed by atoms with E-state index in [4.69, 9.17) is 9.47 Å². The molecule has 0 bridgehead atoms. The predicted octanol–water partition coefficient (Wildman–Crippen LogP) is 5.13. The van der Waals surface area contributed by atoms with E-state index in [-0.39, 0.29) is 6.79 Å². The van der Waals surface area contributed by atoms with E-state index in [0.717, 1.165) is 28.4 Å². The Morgan fingerprint density at radius 3 is 2.70 bits per heavy atom. The van der Waals surface area contributed by atoms with Crippen LogP contribution < -0.4 is 14.8 Å². The van der Waals surface area contributed by atoms with Gasteiger partial charge < -0.3 is 14.8 Å². The minimum atomic E-state index is 0.243. The van der Waals surface area contributed by atoms with Gasteiger partial charge in [0.25, 0.3) is 0 Å². The van der Waals surface area contributed by atoms with Crippen molar-refractivity contribution in [3.8, 4) is 28.8 Å². The number of hydrogen-bond acceptors (Lipinski definition) is 6. The van der Waals surface area contributed by atoms with Crippen LogP contribution in [0, 0.1) is 25.2 Å². The summed E-state index contributed by atoms with van der Waals surface area (Å²) in [5.41, 5.74) is 5.52. The first kappa shape index (κ1) is 17.1. The Hall–Kier alpha value is -3.30. The Kier molecular flexibility index (Phi) is 4.53. The number of benzene rings is 2. The Morgan fingerprint density at radius 1 is 1.15 bits per heavy atom. The highest BCUT2D eigenvalue weighted by Crippen LogP contribution is 2.36. The first-order valence-electron chi connectivity index (χ1n) is 8.43. The molecule has 0 saturated carbocycles. The molecule has 0 aliphatic carbocycles. The molecule has 0 atom stereocenters. The Morgan fingerprint density at radius 2 is 1.93 bits per heavy atom. The Labute approximate surface area is 161 Å². The molecule has 2 heterocycles. The Balaban J connectivity index is 1.58. The fourth-order valence-corrected chi connectivity index (χ4v) is 3.74. The second-order valence-corrected chi connectivity index (χ2v) is 7.15. The first-order valence-corrected chi connectivity index (χ1v) is 9.31. The van der Waals surface area contributed by atoms with Crippen molar-refractivity contribution >= 4 is 22.6 Å². The Bertz CT molecular complexity index is 1060. The molecule has 4 rings (SSSR count). The SMILES string of the molecule is Cc1cc(C)cc(N/C=C(\C#N)c2nc(-c3ccc4c(c3)OCO4)cs2)c1. The van der Waals surface area contributed by atoms with Crippen molar-refractivity contribution < 1.29 is 9.47 Å². The number of fused-ring (bicyclic) bond motifs is 1. The van der Waals surface area contributed by atoms with Crippen LogP contribution in [0.4, 0.5) is 5.69 Å². The third kappa shape index (κ3) is 3.64. The fourth-order valence-electron chi connectivity index (χ4n) is 2.94. The second kappa shape index (κ2) is 7.14. The molecule has 0 radical (unpaired) electrons. The molecular weight excluding hydrogens is 358 g/mol. The normalized spacial score (nSPS) is 12.7. The fraction of sp³-hybridized carbons (Fsp3) is 0.143. The smallest absolute Gasteiger partial charge is 0.231 e. The van der Waals surface area contributed by atoms with Crippen LogP contribution in [-0.2, 0) is 0 Å². The number of thiazole rings is 1. The van der Waals surface area contributed by atoms with Crippen LogP contribution in [0.5, 0.6) is 11.5 Å². The molecule has 5 nitrogen and oxygen atoms in total. The summed E-state index contributed by atoms with van der Waals surface area (Å²) in [4.78, 5) is 4.62. The second-order valence-electron chi connectivity index (χ2n) is 6.30. The molecule has 0 saturated heterocycles. The maximum Gasteiger partial charge on any atom is 0.231 e. The van der Waals surface area contributed by atoms with Crippen LogP contribution in [0.2, 0.25) is 0 Å². The molecule has 1 aliphatic heterocycles. The van der Waals surface area contributed by atoms with E-state index in [1.165, 1.54) is 22.5 Å². The average molecular weight is 375 g/mol. The molecule has 1 N–H and O–H groups in total. The van der Waals surface area contributed by atoms with Crippen molar-refractivity contribution in [2.24, 2.45) is 0 Å². The number of nitrogens with zero attached hydrogens (tertiary/aromatic N) is 2. The summed E-state index contributed by atoms with van der Waals surface area (Å²) < 4.78 is 10.8. The quantitative estimate of drug-likeness (QED) is 0.640. The van der Waals surface area contributed by atoms with E-state index in [1.54, 1.807) is 6.20 Å². The molecule has 0 amide bonds. The number of ether oxygens (including phenoxy) is 2. The summed E-state index contributed by atoms with van der Waals surface area (Å²) in [7, 11) is 0. The van der Waals surface area contributed by atoms with E-state index in [2.05, 4.69) is 22.4 Å². The molecule has 1 aliphatic rings. The summed E-state index contributed by atoms with van der Waals surface area (Å²) in [6, 6.07) is 14.1. The molecule has 27 heavy (non-hydrogen) atoms. The largest absolute Gasteiger partial charge is 0.454 e. The van der Waals surface area contributed by atoms with Gasteiger partial charge >= 0.3 is 0 Å². The zero-order valence-electron chi connectivity index (χ0n) is 14.9. The van der Waals surface area contributed by atoms with Gasteiger partial charge in [0.15, 0.2) is 11.5 Å². The highest BCUT2D eigenvalue weighted by molar-refractivity contribution is 7.11. The van der Waals surface area contributed by atoms with Crippen LogP contribution in [-0.4, -0.2) is 11.8 Å². The van der Waals surface area contributed by atoms with Crippen LogP contribution in [0.1, 0.15) is 16.1 Å². The van der Waals surface area contributed by atoms with E-state index in [9.17, 15) is 5.26 Å². The topological polar surface area (TPSA) is 67.2 Å². The molecule has 1 aromatic heterocycles. The van der Waals surface area contributed by atoms with Gasteiger partial charge in [0.05, 0.1) is 5.69 Å².